The molecule has 5 nitrogen and oxygen atoms in total. The molecular weight excluding hydrogens is 294 g/mol. The number of amides is 1. The summed E-state index contributed by atoms with van der Waals surface area (Å²) in [4.78, 5) is 27.2. The summed E-state index contributed by atoms with van der Waals surface area (Å²) in [6, 6.07) is 16.2. The molecule has 0 aliphatic heterocycles. The fourth-order valence-electron chi connectivity index (χ4n) is 2.80. The molecule has 1 N–H and O–H groups in total. The Bertz CT molecular complexity index is 696. The second-order valence-electron chi connectivity index (χ2n) is 5.26. The highest BCUT2D eigenvalue weighted by Crippen LogP contribution is 2.44. The van der Waals surface area contributed by atoms with Gasteiger partial charge < -0.3 is 9.57 Å². The molecule has 118 valence electrons. The molecule has 23 heavy (non-hydrogen) atoms. The lowest BCUT2D eigenvalue weighted by atomic mass is 9.98. The SMILES string of the molecule is CCC(=O)ONC(=O)OCC1c2ccccc2-c2ccccc21. The Morgan fingerprint density at radius 2 is 1.57 bits per heavy atom. The van der Waals surface area contributed by atoms with Crippen LogP contribution in [0.2, 0.25) is 0 Å². The predicted molar refractivity (Wildman–Crippen MR) is 84.6 cm³/mol. The molecule has 0 unspecified atom stereocenters. The average Bonchev–Trinajstić information content (AvgIpc) is 2.92. The van der Waals surface area contributed by atoms with Gasteiger partial charge in [-0.2, -0.15) is 0 Å². The Morgan fingerprint density at radius 1 is 1.00 bits per heavy atom. The van der Waals surface area contributed by atoms with Crippen molar-refractivity contribution in [2.24, 2.45) is 0 Å². The van der Waals surface area contributed by atoms with Crippen molar-refractivity contribution >= 4 is 12.1 Å². The van der Waals surface area contributed by atoms with E-state index in [1.54, 1.807) is 6.92 Å². The van der Waals surface area contributed by atoms with Crippen LogP contribution < -0.4 is 5.48 Å². The summed E-state index contributed by atoms with van der Waals surface area (Å²) in [6.07, 6.45) is -0.586. The number of hydrogen-bond acceptors (Lipinski definition) is 4. The van der Waals surface area contributed by atoms with Crippen LogP contribution in [0.25, 0.3) is 11.1 Å². The first-order valence-electron chi connectivity index (χ1n) is 7.51. The van der Waals surface area contributed by atoms with Crippen LogP contribution in [0.4, 0.5) is 4.79 Å². The van der Waals surface area contributed by atoms with Crippen LogP contribution in [-0.4, -0.2) is 18.7 Å². The minimum Gasteiger partial charge on any atom is -0.446 e. The third-order valence-electron chi connectivity index (χ3n) is 3.88. The van der Waals surface area contributed by atoms with Crippen LogP contribution in [-0.2, 0) is 14.4 Å². The second-order valence-corrected chi connectivity index (χ2v) is 5.26. The van der Waals surface area contributed by atoms with Gasteiger partial charge in [0.25, 0.3) is 0 Å². The van der Waals surface area contributed by atoms with E-state index < -0.39 is 12.1 Å². The van der Waals surface area contributed by atoms with Gasteiger partial charge in [-0.1, -0.05) is 55.5 Å². The van der Waals surface area contributed by atoms with Crippen molar-refractivity contribution < 1.29 is 19.2 Å². The number of carbonyl (C=O) groups is 2. The lowest BCUT2D eigenvalue weighted by Gasteiger charge is -2.14. The highest BCUT2D eigenvalue weighted by molar-refractivity contribution is 5.79. The van der Waals surface area contributed by atoms with Gasteiger partial charge in [0.2, 0.25) is 0 Å². The summed E-state index contributed by atoms with van der Waals surface area (Å²) in [6.45, 7) is 1.82. The van der Waals surface area contributed by atoms with Crippen LogP contribution in [0.5, 0.6) is 0 Å². The van der Waals surface area contributed by atoms with Crippen molar-refractivity contribution in [3.63, 3.8) is 0 Å². The quantitative estimate of drug-likeness (QED) is 0.882. The Labute approximate surface area is 134 Å². The van der Waals surface area contributed by atoms with E-state index in [0.717, 1.165) is 22.3 Å². The van der Waals surface area contributed by atoms with E-state index in [1.807, 2.05) is 41.9 Å². The Hall–Kier alpha value is -2.82. The summed E-state index contributed by atoms with van der Waals surface area (Å²) in [7, 11) is 0. The number of fused-ring (bicyclic) bond motifs is 3. The van der Waals surface area contributed by atoms with Crippen molar-refractivity contribution in [1.29, 1.82) is 0 Å². The van der Waals surface area contributed by atoms with Crippen molar-refractivity contribution in [3.8, 4) is 11.1 Å². The molecule has 0 heterocycles. The summed E-state index contributed by atoms with van der Waals surface area (Å²) < 4.78 is 5.21. The van der Waals surface area contributed by atoms with E-state index in [1.165, 1.54) is 0 Å². The number of nitrogens with one attached hydrogen (secondary N) is 1. The lowest BCUT2D eigenvalue weighted by molar-refractivity contribution is -0.149. The van der Waals surface area contributed by atoms with Crippen LogP contribution in [0.15, 0.2) is 48.5 Å². The molecule has 0 aromatic heterocycles. The van der Waals surface area contributed by atoms with E-state index >= 15 is 0 Å². The van der Waals surface area contributed by atoms with Gasteiger partial charge in [-0.3, -0.25) is 0 Å². The fourth-order valence-corrected chi connectivity index (χ4v) is 2.80. The van der Waals surface area contributed by atoms with Crippen molar-refractivity contribution in [1.82, 2.24) is 5.48 Å². The van der Waals surface area contributed by atoms with Crippen LogP contribution >= 0.6 is 0 Å². The Morgan fingerprint density at radius 3 is 2.13 bits per heavy atom. The number of rotatable bonds is 3. The highest BCUT2D eigenvalue weighted by atomic mass is 16.7. The number of carbonyl (C=O) groups excluding carboxylic acids is 2. The molecule has 1 aliphatic rings. The molecule has 0 atom stereocenters. The maximum Gasteiger partial charge on any atom is 0.440 e. The van der Waals surface area contributed by atoms with Crippen molar-refractivity contribution in [3.05, 3.63) is 59.7 Å². The maximum absolute atomic E-state index is 11.6. The topological polar surface area (TPSA) is 64.6 Å². The minimum absolute atomic E-state index is 0.0185. The molecule has 1 amide bonds. The Balaban J connectivity index is 1.71. The van der Waals surface area contributed by atoms with Gasteiger partial charge in [0.15, 0.2) is 0 Å². The van der Waals surface area contributed by atoms with E-state index in [4.69, 9.17) is 4.74 Å². The molecule has 0 radical (unpaired) electrons. The standard InChI is InChI=1S/C18H17NO4/c1-2-17(20)23-19-18(21)22-11-16-14-9-5-3-7-12(14)13-8-4-6-10-15(13)16/h3-10,16H,2,11H2,1H3,(H,19,21). The zero-order valence-corrected chi connectivity index (χ0v) is 12.7. The third kappa shape index (κ3) is 3.04. The van der Waals surface area contributed by atoms with Gasteiger partial charge in [0, 0.05) is 12.3 Å². The van der Waals surface area contributed by atoms with Crippen LogP contribution in [0.3, 0.4) is 0 Å². The van der Waals surface area contributed by atoms with Gasteiger partial charge in [0.1, 0.15) is 6.61 Å². The molecule has 2 aromatic carbocycles. The zero-order chi connectivity index (χ0) is 16.2. The third-order valence-corrected chi connectivity index (χ3v) is 3.88. The first-order valence-corrected chi connectivity index (χ1v) is 7.51. The molecule has 5 heteroatoms. The molecule has 1 aliphatic carbocycles. The predicted octanol–water partition coefficient (Wildman–Crippen LogP) is 3.39. The normalized spacial score (nSPS) is 12.2. The number of benzene rings is 2. The first kappa shape index (κ1) is 15.1. The molecule has 0 saturated carbocycles. The van der Waals surface area contributed by atoms with E-state index in [-0.39, 0.29) is 18.9 Å². The summed E-state index contributed by atoms with van der Waals surface area (Å²) >= 11 is 0. The fraction of sp³-hybridized carbons (Fsp3) is 0.222. The van der Waals surface area contributed by atoms with Crippen molar-refractivity contribution in [2.75, 3.05) is 6.61 Å². The zero-order valence-electron chi connectivity index (χ0n) is 12.7. The van der Waals surface area contributed by atoms with Crippen molar-refractivity contribution in [2.45, 2.75) is 19.3 Å². The van der Waals surface area contributed by atoms with Crippen LogP contribution in [0, 0.1) is 0 Å². The van der Waals surface area contributed by atoms with Gasteiger partial charge >= 0.3 is 12.1 Å². The van der Waals surface area contributed by atoms with E-state index in [0.29, 0.717) is 0 Å². The smallest absolute Gasteiger partial charge is 0.440 e. The molecule has 3 rings (SSSR count). The molecule has 0 saturated heterocycles. The summed E-state index contributed by atoms with van der Waals surface area (Å²) in [5.74, 6) is -0.534. The lowest BCUT2D eigenvalue weighted by Crippen LogP contribution is -2.28. The van der Waals surface area contributed by atoms with Gasteiger partial charge in [0.05, 0.1) is 0 Å². The van der Waals surface area contributed by atoms with Gasteiger partial charge in [-0.05, 0) is 22.3 Å². The van der Waals surface area contributed by atoms with Crippen LogP contribution in [0.1, 0.15) is 30.4 Å². The summed E-state index contributed by atoms with van der Waals surface area (Å²) in [5, 5.41) is 0. The second kappa shape index (κ2) is 6.52. The minimum atomic E-state index is -0.770. The average molecular weight is 311 g/mol. The van der Waals surface area contributed by atoms with Gasteiger partial charge in [-0.25, -0.2) is 9.59 Å². The molecule has 0 fully saturated rings. The number of ether oxygens (including phenoxy) is 1. The molecule has 2 aromatic rings. The van der Waals surface area contributed by atoms with E-state index in [2.05, 4.69) is 17.0 Å². The molecular formula is C18H17NO4. The monoisotopic (exact) mass is 311 g/mol. The largest absolute Gasteiger partial charge is 0.446 e. The molecule has 0 bridgehead atoms. The van der Waals surface area contributed by atoms with Gasteiger partial charge in [-0.15, -0.1) is 5.48 Å². The summed E-state index contributed by atoms with van der Waals surface area (Å²) in [5.41, 5.74) is 6.58. The maximum atomic E-state index is 11.6. The van der Waals surface area contributed by atoms with E-state index in [9.17, 15) is 9.59 Å². The molecule has 0 spiro atoms. The highest BCUT2D eigenvalue weighted by Gasteiger charge is 2.29. The number of hydroxylamine groups is 1. The Kier molecular flexibility index (Phi) is 4.28. The first-order chi connectivity index (χ1) is 11.2. The number of hydrogen-bond donors (Lipinski definition) is 1.